The number of rotatable bonds is 4. The number of fused-ring (bicyclic) bond motifs is 1. The lowest BCUT2D eigenvalue weighted by atomic mass is 9.88. The molecule has 4 heteroatoms. The minimum absolute atomic E-state index is 0.304. The van der Waals surface area contributed by atoms with Gasteiger partial charge < -0.3 is 19.5 Å². The van der Waals surface area contributed by atoms with Crippen molar-refractivity contribution in [1.29, 1.82) is 0 Å². The first-order valence-corrected chi connectivity index (χ1v) is 7.50. The van der Waals surface area contributed by atoms with Gasteiger partial charge in [-0.1, -0.05) is 13.3 Å². The molecule has 1 aliphatic carbocycles. The van der Waals surface area contributed by atoms with Gasteiger partial charge in [0.1, 0.15) is 5.75 Å². The summed E-state index contributed by atoms with van der Waals surface area (Å²) < 4.78 is 17.2. The van der Waals surface area contributed by atoms with E-state index < -0.39 is 0 Å². The van der Waals surface area contributed by atoms with E-state index in [4.69, 9.17) is 14.2 Å². The van der Waals surface area contributed by atoms with Crippen molar-refractivity contribution in [2.75, 3.05) is 13.8 Å². The lowest BCUT2D eigenvalue weighted by Crippen LogP contribution is -2.24. The fraction of sp³-hybridized carbons (Fsp3) is 0.625. The molecular weight excluding hydrogens is 254 g/mol. The number of hydrogen-bond donors (Lipinski definition) is 1. The Morgan fingerprint density at radius 2 is 2.05 bits per heavy atom. The molecule has 1 fully saturated rings. The summed E-state index contributed by atoms with van der Waals surface area (Å²) in [5.74, 6) is 3.31. The fourth-order valence-electron chi connectivity index (χ4n) is 3.07. The maximum atomic E-state index is 6.26. The molecule has 0 amide bonds. The summed E-state index contributed by atoms with van der Waals surface area (Å²) in [6.45, 7) is 3.39. The number of hydrogen-bond acceptors (Lipinski definition) is 4. The minimum Gasteiger partial charge on any atom is -0.490 e. The van der Waals surface area contributed by atoms with Gasteiger partial charge in [-0.25, -0.2) is 0 Å². The fourth-order valence-corrected chi connectivity index (χ4v) is 3.07. The smallest absolute Gasteiger partial charge is 0.231 e. The van der Waals surface area contributed by atoms with Gasteiger partial charge in [-0.15, -0.1) is 0 Å². The maximum absolute atomic E-state index is 6.26. The molecule has 2 aliphatic rings. The van der Waals surface area contributed by atoms with Crippen molar-refractivity contribution in [2.45, 2.75) is 45.3 Å². The monoisotopic (exact) mass is 277 g/mol. The zero-order chi connectivity index (χ0) is 13.9. The molecular formula is C16H23NO3. The van der Waals surface area contributed by atoms with Crippen LogP contribution in [0.2, 0.25) is 0 Å². The van der Waals surface area contributed by atoms with Crippen molar-refractivity contribution in [3.63, 3.8) is 0 Å². The molecule has 3 rings (SSSR count). The molecule has 2 atom stereocenters. The highest BCUT2D eigenvalue weighted by molar-refractivity contribution is 5.51. The molecule has 110 valence electrons. The summed E-state index contributed by atoms with van der Waals surface area (Å²) >= 11 is 0. The van der Waals surface area contributed by atoms with Crippen LogP contribution in [0.25, 0.3) is 0 Å². The Morgan fingerprint density at radius 1 is 1.25 bits per heavy atom. The van der Waals surface area contributed by atoms with Gasteiger partial charge in [0.2, 0.25) is 6.79 Å². The summed E-state index contributed by atoms with van der Waals surface area (Å²) in [5, 5.41) is 3.19. The van der Waals surface area contributed by atoms with Gasteiger partial charge in [0, 0.05) is 18.2 Å². The van der Waals surface area contributed by atoms with Crippen LogP contribution >= 0.6 is 0 Å². The lowest BCUT2D eigenvalue weighted by Gasteiger charge is -2.28. The van der Waals surface area contributed by atoms with E-state index in [1.165, 1.54) is 12.8 Å². The molecule has 1 heterocycles. The molecule has 0 spiro atoms. The van der Waals surface area contributed by atoms with E-state index >= 15 is 0 Å². The van der Waals surface area contributed by atoms with Crippen LogP contribution in [0.1, 0.15) is 38.2 Å². The molecule has 0 bridgehead atoms. The van der Waals surface area contributed by atoms with Gasteiger partial charge in [-0.2, -0.15) is 0 Å². The molecule has 1 aromatic rings. The van der Waals surface area contributed by atoms with Crippen molar-refractivity contribution < 1.29 is 14.2 Å². The summed E-state index contributed by atoms with van der Waals surface area (Å²) in [4.78, 5) is 0. The molecule has 0 saturated heterocycles. The predicted molar refractivity (Wildman–Crippen MR) is 77.4 cm³/mol. The average Bonchev–Trinajstić information content (AvgIpc) is 2.86. The second-order valence-corrected chi connectivity index (χ2v) is 5.86. The Balaban J connectivity index is 1.80. The van der Waals surface area contributed by atoms with Gasteiger partial charge in [0.25, 0.3) is 0 Å². The third-order valence-corrected chi connectivity index (χ3v) is 4.10. The van der Waals surface area contributed by atoms with E-state index in [1.807, 2.05) is 19.2 Å². The zero-order valence-corrected chi connectivity index (χ0v) is 12.3. The van der Waals surface area contributed by atoms with Crippen LogP contribution in [0, 0.1) is 5.92 Å². The Labute approximate surface area is 120 Å². The summed E-state index contributed by atoms with van der Waals surface area (Å²) in [6.07, 6.45) is 5.21. The van der Waals surface area contributed by atoms with Crippen LogP contribution in [-0.4, -0.2) is 19.9 Å². The Hall–Kier alpha value is -1.42. The molecule has 1 N–H and O–H groups in total. The third kappa shape index (κ3) is 2.85. The lowest BCUT2D eigenvalue weighted by molar-refractivity contribution is 0.127. The van der Waals surface area contributed by atoms with Crippen LogP contribution in [0.5, 0.6) is 17.2 Å². The zero-order valence-electron chi connectivity index (χ0n) is 12.3. The highest BCUT2D eigenvalue weighted by Gasteiger charge is 2.23. The van der Waals surface area contributed by atoms with Crippen molar-refractivity contribution in [3.8, 4) is 17.2 Å². The van der Waals surface area contributed by atoms with E-state index in [0.717, 1.165) is 48.1 Å². The van der Waals surface area contributed by atoms with Crippen LogP contribution in [0.15, 0.2) is 12.1 Å². The van der Waals surface area contributed by atoms with Gasteiger partial charge in [0.15, 0.2) is 11.5 Å². The summed E-state index contributed by atoms with van der Waals surface area (Å²) in [7, 11) is 1.94. The highest BCUT2D eigenvalue weighted by atomic mass is 16.7. The molecule has 1 aliphatic heterocycles. The van der Waals surface area contributed by atoms with Gasteiger partial charge in [0.05, 0.1) is 6.10 Å². The van der Waals surface area contributed by atoms with Gasteiger partial charge >= 0.3 is 0 Å². The van der Waals surface area contributed by atoms with E-state index in [2.05, 4.69) is 12.2 Å². The van der Waals surface area contributed by atoms with E-state index in [1.54, 1.807) is 0 Å². The van der Waals surface area contributed by atoms with Crippen LogP contribution in [0.4, 0.5) is 0 Å². The first-order valence-electron chi connectivity index (χ1n) is 7.50. The maximum Gasteiger partial charge on any atom is 0.231 e. The number of nitrogens with one attached hydrogen (secondary N) is 1. The molecule has 0 aromatic heterocycles. The van der Waals surface area contributed by atoms with Crippen LogP contribution in [0.3, 0.4) is 0 Å². The molecule has 1 aromatic carbocycles. The van der Waals surface area contributed by atoms with Crippen molar-refractivity contribution in [3.05, 3.63) is 17.7 Å². The summed E-state index contributed by atoms with van der Waals surface area (Å²) in [6, 6.07) is 4.01. The second kappa shape index (κ2) is 5.92. The topological polar surface area (TPSA) is 39.7 Å². The standard InChI is InChI=1S/C16H23NO3/c1-11-4-3-5-13(6-11)20-14-8-16-15(18-10-19-16)7-12(14)9-17-2/h7-8,11,13,17H,3-6,9-10H2,1-2H3. The predicted octanol–water partition coefficient (Wildman–Crippen LogP) is 3.09. The molecule has 0 radical (unpaired) electrons. The van der Waals surface area contributed by atoms with Gasteiger partial charge in [-0.05, 0) is 38.3 Å². The van der Waals surface area contributed by atoms with E-state index in [0.29, 0.717) is 12.9 Å². The molecule has 2 unspecified atom stereocenters. The van der Waals surface area contributed by atoms with E-state index in [-0.39, 0.29) is 0 Å². The van der Waals surface area contributed by atoms with Gasteiger partial charge in [-0.3, -0.25) is 0 Å². The Bertz CT molecular complexity index is 475. The normalized spacial score (nSPS) is 24.7. The second-order valence-electron chi connectivity index (χ2n) is 5.86. The Kier molecular flexibility index (Phi) is 4.01. The molecule has 1 saturated carbocycles. The SMILES string of the molecule is CNCc1cc2c(cc1OC1CCCC(C)C1)OCO2. The Morgan fingerprint density at radius 3 is 2.80 bits per heavy atom. The first-order chi connectivity index (χ1) is 9.76. The first kappa shape index (κ1) is 13.6. The number of benzene rings is 1. The highest BCUT2D eigenvalue weighted by Crippen LogP contribution is 2.39. The van der Waals surface area contributed by atoms with Crippen molar-refractivity contribution in [2.24, 2.45) is 5.92 Å². The molecule has 4 nitrogen and oxygen atoms in total. The van der Waals surface area contributed by atoms with Crippen molar-refractivity contribution in [1.82, 2.24) is 5.32 Å². The largest absolute Gasteiger partial charge is 0.490 e. The van der Waals surface area contributed by atoms with E-state index in [9.17, 15) is 0 Å². The minimum atomic E-state index is 0.304. The van der Waals surface area contributed by atoms with Crippen LogP contribution in [-0.2, 0) is 6.54 Å². The quantitative estimate of drug-likeness (QED) is 0.918. The average molecular weight is 277 g/mol. The third-order valence-electron chi connectivity index (χ3n) is 4.10. The number of ether oxygens (including phenoxy) is 3. The summed E-state index contributed by atoms with van der Waals surface area (Å²) in [5.41, 5.74) is 1.13. The molecule has 20 heavy (non-hydrogen) atoms. The van der Waals surface area contributed by atoms with Crippen molar-refractivity contribution >= 4 is 0 Å². The van der Waals surface area contributed by atoms with Crippen LogP contribution < -0.4 is 19.5 Å².